The van der Waals surface area contributed by atoms with Gasteiger partial charge in [-0.3, -0.25) is 0 Å². The van der Waals surface area contributed by atoms with Gasteiger partial charge >= 0.3 is 0 Å². The van der Waals surface area contributed by atoms with E-state index in [-0.39, 0.29) is 5.75 Å². The Bertz CT molecular complexity index is 546. The number of nitrogens with zero attached hydrogens (tertiary/aromatic N) is 2. The minimum atomic E-state index is -0.399. The van der Waals surface area contributed by atoms with Crippen molar-refractivity contribution in [2.75, 3.05) is 19.0 Å². The Hall–Kier alpha value is -2.17. The zero-order chi connectivity index (χ0) is 13.0. The van der Waals surface area contributed by atoms with E-state index < -0.39 is 5.82 Å². The zero-order valence-corrected chi connectivity index (χ0v) is 10.3. The summed E-state index contributed by atoms with van der Waals surface area (Å²) in [7, 11) is 1.43. The average molecular weight is 247 g/mol. The van der Waals surface area contributed by atoms with Crippen LogP contribution in [0.5, 0.6) is 5.75 Å². The molecule has 1 N–H and O–H groups in total. The van der Waals surface area contributed by atoms with Crippen molar-refractivity contribution in [3.05, 3.63) is 36.3 Å². The van der Waals surface area contributed by atoms with Crippen LogP contribution in [0.4, 0.5) is 10.2 Å². The Balaban J connectivity index is 2.38. The molecular weight excluding hydrogens is 233 g/mol. The molecule has 0 atom stereocenters. The van der Waals surface area contributed by atoms with Gasteiger partial charge in [0.15, 0.2) is 17.4 Å². The predicted molar refractivity (Wildman–Crippen MR) is 68.1 cm³/mol. The zero-order valence-electron chi connectivity index (χ0n) is 10.3. The van der Waals surface area contributed by atoms with Crippen molar-refractivity contribution in [2.45, 2.75) is 6.92 Å². The molecule has 1 heterocycles. The third-order valence-corrected chi connectivity index (χ3v) is 2.42. The molecule has 0 aliphatic carbocycles. The van der Waals surface area contributed by atoms with Gasteiger partial charge in [-0.05, 0) is 31.2 Å². The van der Waals surface area contributed by atoms with E-state index in [2.05, 4.69) is 15.3 Å². The molecule has 0 unspecified atom stereocenters. The first-order valence-corrected chi connectivity index (χ1v) is 5.65. The highest BCUT2D eigenvalue weighted by Gasteiger charge is 2.07. The molecule has 0 bridgehead atoms. The van der Waals surface area contributed by atoms with E-state index in [0.29, 0.717) is 11.4 Å². The predicted octanol–water partition coefficient (Wildman–Crippen LogP) is 2.72. The summed E-state index contributed by atoms with van der Waals surface area (Å²) < 4.78 is 18.2. The molecule has 1 aromatic carbocycles. The highest BCUT2D eigenvalue weighted by molar-refractivity contribution is 5.59. The van der Waals surface area contributed by atoms with E-state index in [1.165, 1.54) is 13.2 Å². The van der Waals surface area contributed by atoms with Crippen molar-refractivity contribution in [3.8, 4) is 17.1 Å². The first-order valence-electron chi connectivity index (χ1n) is 5.65. The minimum Gasteiger partial charge on any atom is -0.494 e. The summed E-state index contributed by atoms with van der Waals surface area (Å²) in [5.41, 5.74) is 0.716. The van der Waals surface area contributed by atoms with E-state index >= 15 is 0 Å². The van der Waals surface area contributed by atoms with Gasteiger partial charge in [-0.15, -0.1) is 0 Å². The second-order valence-corrected chi connectivity index (χ2v) is 3.65. The fourth-order valence-electron chi connectivity index (χ4n) is 1.58. The van der Waals surface area contributed by atoms with Gasteiger partial charge in [0.25, 0.3) is 0 Å². The van der Waals surface area contributed by atoms with E-state index in [1.807, 2.05) is 6.92 Å². The largest absolute Gasteiger partial charge is 0.494 e. The lowest BCUT2D eigenvalue weighted by Crippen LogP contribution is -2.01. The van der Waals surface area contributed by atoms with E-state index in [4.69, 9.17) is 4.74 Å². The molecule has 0 aliphatic heterocycles. The number of hydrogen-bond acceptors (Lipinski definition) is 4. The molecule has 2 rings (SSSR count). The number of aromatic nitrogens is 2. The SMILES string of the molecule is CCNc1ccnc(-c2ccc(F)c(OC)c2)n1. The van der Waals surface area contributed by atoms with Crippen LogP contribution in [0.3, 0.4) is 0 Å². The number of nitrogens with one attached hydrogen (secondary N) is 1. The van der Waals surface area contributed by atoms with E-state index in [0.717, 1.165) is 12.4 Å². The first kappa shape index (κ1) is 12.3. The Kier molecular flexibility index (Phi) is 3.72. The molecule has 94 valence electrons. The lowest BCUT2D eigenvalue weighted by molar-refractivity contribution is 0.387. The number of rotatable bonds is 4. The van der Waals surface area contributed by atoms with Crippen LogP contribution in [-0.4, -0.2) is 23.6 Å². The maximum Gasteiger partial charge on any atom is 0.165 e. The summed E-state index contributed by atoms with van der Waals surface area (Å²) in [4.78, 5) is 8.51. The quantitative estimate of drug-likeness (QED) is 0.902. The normalized spacial score (nSPS) is 10.2. The average Bonchev–Trinajstić information content (AvgIpc) is 2.40. The standard InChI is InChI=1S/C13H14FN3O/c1-3-15-12-6-7-16-13(17-12)9-4-5-10(14)11(8-9)18-2/h4-8H,3H2,1-2H3,(H,15,16,17). The Labute approximate surface area is 105 Å². The highest BCUT2D eigenvalue weighted by Crippen LogP contribution is 2.24. The van der Waals surface area contributed by atoms with Gasteiger partial charge in [-0.25, -0.2) is 14.4 Å². The number of anilines is 1. The van der Waals surface area contributed by atoms with Crippen LogP contribution in [0.1, 0.15) is 6.92 Å². The number of ether oxygens (including phenoxy) is 1. The second-order valence-electron chi connectivity index (χ2n) is 3.65. The van der Waals surface area contributed by atoms with Gasteiger partial charge in [0.05, 0.1) is 7.11 Å². The Morgan fingerprint density at radius 3 is 2.89 bits per heavy atom. The third kappa shape index (κ3) is 2.56. The summed E-state index contributed by atoms with van der Waals surface area (Å²) in [5.74, 6) is 1.06. The van der Waals surface area contributed by atoms with E-state index in [9.17, 15) is 4.39 Å². The molecule has 0 aliphatic rings. The van der Waals surface area contributed by atoms with Gasteiger partial charge in [-0.1, -0.05) is 0 Å². The number of methoxy groups -OCH3 is 1. The van der Waals surface area contributed by atoms with Crippen LogP contribution in [0.25, 0.3) is 11.4 Å². The van der Waals surface area contributed by atoms with Gasteiger partial charge in [-0.2, -0.15) is 0 Å². The first-order chi connectivity index (χ1) is 8.74. The molecule has 4 nitrogen and oxygen atoms in total. The topological polar surface area (TPSA) is 47.0 Å². The van der Waals surface area contributed by atoms with Crippen molar-refractivity contribution < 1.29 is 9.13 Å². The van der Waals surface area contributed by atoms with Crippen LogP contribution < -0.4 is 10.1 Å². The summed E-state index contributed by atoms with van der Waals surface area (Å²) in [6.07, 6.45) is 1.66. The summed E-state index contributed by atoms with van der Waals surface area (Å²) >= 11 is 0. The smallest absolute Gasteiger partial charge is 0.165 e. The van der Waals surface area contributed by atoms with Gasteiger partial charge < -0.3 is 10.1 Å². The van der Waals surface area contributed by atoms with Gasteiger partial charge in [0.2, 0.25) is 0 Å². The molecule has 0 fully saturated rings. The molecule has 5 heteroatoms. The van der Waals surface area contributed by atoms with Crippen LogP contribution in [0, 0.1) is 5.82 Å². The Morgan fingerprint density at radius 2 is 2.17 bits per heavy atom. The molecule has 0 saturated heterocycles. The highest BCUT2D eigenvalue weighted by atomic mass is 19.1. The Morgan fingerprint density at radius 1 is 1.33 bits per heavy atom. The van der Waals surface area contributed by atoms with Crippen molar-refractivity contribution in [3.63, 3.8) is 0 Å². The number of benzene rings is 1. The van der Waals surface area contributed by atoms with Crippen LogP contribution in [0.15, 0.2) is 30.5 Å². The molecule has 18 heavy (non-hydrogen) atoms. The third-order valence-electron chi connectivity index (χ3n) is 2.42. The number of hydrogen-bond donors (Lipinski definition) is 1. The lowest BCUT2D eigenvalue weighted by atomic mass is 10.2. The summed E-state index contributed by atoms with van der Waals surface area (Å²) in [6.45, 7) is 2.77. The second kappa shape index (κ2) is 5.44. The molecule has 0 spiro atoms. The van der Waals surface area contributed by atoms with Crippen molar-refractivity contribution in [1.82, 2.24) is 9.97 Å². The van der Waals surface area contributed by atoms with Crippen LogP contribution in [-0.2, 0) is 0 Å². The lowest BCUT2D eigenvalue weighted by Gasteiger charge is -2.06. The van der Waals surface area contributed by atoms with E-state index in [1.54, 1.807) is 24.4 Å². The van der Waals surface area contributed by atoms with Gasteiger partial charge in [0.1, 0.15) is 5.82 Å². The summed E-state index contributed by atoms with van der Waals surface area (Å²) in [6, 6.07) is 6.34. The molecule has 2 aromatic rings. The minimum absolute atomic E-state index is 0.185. The van der Waals surface area contributed by atoms with Crippen molar-refractivity contribution in [1.29, 1.82) is 0 Å². The monoisotopic (exact) mass is 247 g/mol. The fourth-order valence-corrected chi connectivity index (χ4v) is 1.58. The molecular formula is C13H14FN3O. The maximum absolute atomic E-state index is 13.3. The van der Waals surface area contributed by atoms with Crippen LogP contribution in [0.2, 0.25) is 0 Å². The molecule has 1 aromatic heterocycles. The maximum atomic E-state index is 13.3. The fraction of sp³-hybridized carbons (Fsp3) is 0.231. The summed E-state index contributed by atoms with van der Waals surface area (Å²) in [5, 5.41) is 3.10. The van der Waals surface area contributed by atoms with Crippen molar-refractivity contribution in [2.24, 2.45) is 0 Å². The van der Waals surface area contributed by atoms with Gasteiger partial charge in [0, 0.05) is 18.3 Å². The number of halogens is 1. The van der Waals surface area contributed by atoms with Crippen molar-refractivity contribution >= 4 is 5.82 Å². The molecule has 0 saturated carbocycles. The van der Waals surface area contributed by atoms with Crippen LogP contribution >= 0.6 is 0 Å². The molecule has 0 amide bonds. The molecule has 0 radical (unpaired) electrons.